The Morgan fingerprint density at radius 1 is 0.935 bits per heavy atom. The highest BCUT2D eigenvalue weighted by Gasteiger charge is 2.16. The van der Waals surface area contributed by atoms with Gasteiger partial charge in [0.05, 0.1) is 5.69 Å². The molecule has 0 unspecified atom stereocenters. The van der Waals surface area contributed by atoms with E-state index in [4.69, 9.17) is 0 Å². The molecule has 154 valence electrons. The van der Waals surface area contributed by atoms with E-state index in [1.165, 1.54) is 5.39 Å². The van der Waals surface area contributed by atoms with Gasteiger partial charge in [-0.05, 0) is 69.0 Å². The number of hydrogen-bond acceptors (Lipinski definition) is 2. The molecule has 0 fully saturated rings. The van der Waals surface area contributed by atoms with Crippen molar-refractivity contribution in [2.75, 3.05) is 5.43 Å². The number of fused-ring (bicyclic) bond motifs is 1. The van der Waals surface area contributed by atoms with Crippen LogP contribution in [0.1, 0.15) is 28.3 Å². The second-order valence-corrected chi connectivity index (χ2v) is 7.72. The van der Waals surface area contributed by atoms with E-state index >= 15 is 0 Å². The third kappa shape index (κ3) is 3.64. The maximum Gasteiger partial charge on any atom is 0.280 e. The van der Waals surface area contributed by atoms with E-state index < -0.39 is 5.91 Å². The summed E-state index contributed by atoms with van der Waals surface area (Å²) in [4.78, 5) is 12.8. The Labute approximate surface area is 181 Å². The lowest BCUT2D eigenvalue weighted by Crippen LogP contribution is -2.25. The van der Waals surface area contributed by atoms with E-state index in [1.54, 1.807) is 10.8 Å². The second kappa shape index (κ2) is 8.00. The Balaban J connectivity index is 1.75. The van der Waals surface area contributed by atoms with Crippen molar-refractivity contribution >= 4 is 22.8 Å². The van der Waals surface area contributed by atoms with E-state index in [1.807, 2.05) is 64.1 Å². The minimum atomic E-state index is -0.431. The van der Waals surface area contributed by atoms with Crippen LogP contribution in [0.15, 0.2) is 66.2 Å². The molecular formula is C26H24N4O. The van der Waals surface area contributed by atoms with Gasteiger partial charge in [0.15, 0.2) is 0 Å². The molecule has 5 heteroatoms. The Hall–Kier alpha value is -4.04. The molecular weight excluding hydrogens is 384 g/mol. The number of amides is 1. The number of nitrogens with one attached hydrogen (secondary N) is 1. The SMILES string of the molecule is Cc1ccc(C)n1NC(=O)/C(C#N)=C/c1cc(C)n(-c2cccc3ccccc23)c1C. The number of rotatable bonds is 4. The maximum absolute atomic E-state index is 12.8. The summed E-state index contributed by atoms with van der Waals surface area (Å²) in [5.74, 6) is -0.431. The normalized spacial score (nSPS) is 11.5. The quantitative estimate of drug-likeness (QED) is 0.366. The lowest BCUT2D eigenvalue weighted by atomic mass is 10.1. The fraction of sp³-hybridized carbons (Fsp3) is 0.154. The molecule has 0 aliphatic heterocycles. The first-order valence-corrected chi connectivity index (χ1v) is 10.2. The van der Waals surface area contributed by atoms with Gasteiger partial charge in [-0.1, -0.05) is 36.4 Å². The van der Waals surface area contributed by atoms with E-state index in [2.05, 4.69) is 40.3 Å². The van der Waals surface area contributed by atoms with Crippen molar-refractivity contribution < 1.29 is 4.79 Å². The molecule has 0 saturated carbocycles. The van der Waals surface area contributed by atoms with Gasteiger partial charge < -0.3 is 4.57 Å². The van der Waals surface area contributed by atoms with Gasteiger partial charge in [0.2, 0.25) is 0 Å². The van der Waals surface area contributed by atoms with Crippen LogP contribution in [0.2, 0.25) is 0 Å². The van der Waals surface area contributed by atoms with Gasteiger partial charge in [0, 0.05) is 28.2 Å². The van der Waals surface area contributed by atoms with E-state index in [0.29, 0.717) is 0 Å². The van der Waals surface area contributed by atoms with E-state index in [0.717, 1.165) is 39.4 Å². The summed E-state index contributed by atoms with van der Waals surface area (Å²) in [5, 5.41) is 12.0. The number of aromatic nitrogens is 2. The molecule has 2 aromatic heterocycles. The van der Waals surface area contributed by atoms with Crippen LogP contribution < -0.4 is 5.43 Å². The van der Waals surface area contributed by atoms with Crippen LogP contribution in [-0.2, 0) is 4.79 Å². The van der Waals surface area contributed by atoms with Crippen LogP contribution in [0, 0.1) is 39.0 Å². The third-order valence-electron chi connectivity index (χ3n) is 5.63. The molecule has 4 rings (SSSR count). The lowest BCUT2D eigenvalue weighted by Gasteiger charge is -2.13. The van der Waals surface area contributed by atoms with Gasteiger partial charge in [0.1, 0.15) is 11.6 Å². The standard InChI is InChI=1S/C26H24N4O/c1-17-12-13-18(2)30(17)28-26(31)23(16-27)15-22-14-19(3)29(20(22)4)25-11-7-9-21-8-5-6-10-24(21)25/h5-15H,1-4H3,(H,28,31)/b23-15+. The number of benzene rings is 2. The first kappa shape index (κ1) is 20.2. The molecule has 0 atom stereocenters. The summed E-state index contributed by atoms with van der Waals surface area (Å²) in [7, 11) is 0. The first-order valence-electron chi connectivity index (χ1n) is 10.2. The Morgan fingerprint density at radius 2 is 1.61 bits per heavy atom. The highest BCUT2D eigenvalue weighted by Crippen LogP contribution is 2.28. The van der Waals surface area contributed by atoms with Crippen LogP contribution in [-0.4, -0.2) is 15.2 Å². The summed E-state index contributed by atoms with van der Waals surface area (Å²) < 4.78 is 3.86. The second-order valence-electron chi connectivity index (χ2n) is 7.72. The minimum Gasteiger partial charge on any atom is -0.317 e. The van der Waals surface area contributed by atoms with Gasteiger partial charge in [-0.15, -0.1) is 0 Å². The molecule has 0 aliphatic rings. The van der Waals surface area contributed by atoms with Gasteiger partial charge in [-0.25, -0.2) is 0 Å². The molecule has 4 aromatic rings. The minimum absolute atomic E-state index is 0.0608. The average Bonchev–Trinajstić information content (AvgIpc) is 3.23. The van der Waals surface area contributed by atoms with Gasteiger partial charge in [0.25, 0.3) is 5.91 Å². The van der Waals surface area contributed by atoms with Crippen LogP contribution in [0.4, 0.5) is 0 Å². The molecule has 5 nitrogen and oxygen atoms in total. The summed E-state index contributed by atoms with van der Waals surface area (Å²) in [5.41, 5.74) is 8.60. The van der Waals surface area contributed by atoms with Crippen LogP contribution in [0.5, 0.6) is 0 Å². The predicted octanol–water partition coefficient (Wildman–Crippen LogP) is 5.34. The van der Waals surface area contributed by atoms with Crippen molar-refractivity contribution in [3.05, 3.63) is 94.6 Å². The van der Waals surface area contributed by atoms with Crippen molar-refractivity contribution in [2.24, 2.45) is 0 Å². The van der Waals surface area contributed by atoms with Gasteiger partial charge in [-0.2, -0.15) is 5.26 Å². The zero-order valence-corrected chi connectivity index (χ0v) is 18.1. The number of nitrogens with zero attached hydrogens (tertiary/aromatic N) is 3. The van der Waals surface area contributed by atoms with Gasteiger partial charge in [-0.3, -0.25) is 14.9 Å². The summed E-state index contributed by atoms with van der Waals surface area (Å²) in [6, 6.07) is 22.4. The zero-order valence-electron chi connectivity index (χ0n) is 18.1. The highest BCUT2D eigenvalue weighted by molar-refractivity contribution is 6.06. The van der Waals surface area contributed by atoms with E-state index in [9.17, 15) is 10.1 Å². The molecule has 0 saturated heterocycles. The van der Waals surface area contributed by atoms with Gasteiger partial charge >= 0.3 is 0 Å². The van der Waals surface area contributed by atoms with E-state index in [-0.39, 0.29) is 5.57 Å². The molecule has 0 radical (unpaired) electrons. The monoisotopic (exact) mass is 408 g/mol. The van der Waals surface area contributed by atoms with Crippen LogP contribution in [0.25, 0.3) is 22.5 Å². The number of nitriles is 1. The highest BCUT2D eigenvalue weighted by atomic mass is 16.2. The summed E-state index contributed by atoms with van der Waals surface area (Å²) in [6.07, 6.45) is 1.66. The first-order chi connectivity index (χ1) is 14.9. The number of carbonyl (C=O) groups is 1. The molecule has 1 amide bonds. The zero-order chi connectivity index (χ0) is 22.1. The molecule has 0 spiro atoms. The molecule has 2 aromatic carbocycles. The topological polar surface area (TPSA) is 62.8 Å². The summed E-state index contributed by atoms with van der Waals surface area (Å²) >= 11 is 0. The van der Waals surface area contributed by atoms with Crippen molar-refractivity contribution in [1.82, 2.24) is 9.24 Å². The molecule has 1 N–H and O–H groups in total. The molecule has 31 heavy (non-hydrogen) atoms. The van der Waals surface area contributed by atoms with Crippen LogP contribution in [0.3, 0.4) is 0 Å². The summed E-state index contributed by atoms with van der Waals surface area (Å²) in [6.45, 7) is 7.85. The van der Waals surface area contributed by atoms with Crippen LogP contribution >= 0.6 is 0 Å². The Morgan fingerprint density at radius 3 is 2.32 bits per heavy atom. The largest absolute Gasteiger partial charge is 0.317 e. The lowest BCUT2D eigenvalue weighted by molar-refractivity contribution is -0.113. The number of hydrogen-bond donors (Lipinski definition) is 1. The number of carbonyl (C=O) groups excluding carboxylic acids is 1. The van der Waals surface area contributed by atoms with Crippen molar-refractivity contribution in [1.29, 1.82) is 5.26 Å². The maximum atomic E-state index is 12.8. The third-order valence-corrected chi connectivity index (χ3v) is 5.63. The van der Waals surface area contributed by atoms with Crippen molar-refractivity contribution in [3.63, 3.8) is 0 Å². The molecule has 0 bridgehead atoms. The average molecular weight is 409 g/mol. The Bertz CT molecular complexity index is 1350. The Kier molecular flexibility index (Phi) is 5.22. The fourth-order valence-electron chi connectivity index (χ4n) is 4.02. The molecule has 2 heterocycles. The molecule has 0 aliphatic carbocycles. The van der Waals surface area contributed by atoms with Crippen molar-refractivity contribution in [2.45, 2.75) is 27.7 Å². The smallest absolute Gasteiger partial charge is 0.280 e. The predicted molar refractivity (Wildman–Crippen MR) is 125 cm³/mol. The number of aryl methyl sites for hydroxylation is 3. The van der Waals surface area contributed by atoms with Crippen molar-refractivity contribution in [3.8, 4) is 11.8 Å². The fourth-order valence-corrected chi connectivity index (χ4v) is 4.02.